The van der Waals surface area contributed by atoms with Crippen molar-refractivity contribution in [1.82, 2.24) is 5.32 Å². The molecule has 23 heavy (non-hydrogen) atoms. The van der Waals surface area contributed by atoms with E-state index in [1.54, 1.807) is 0 Å². The molecule has 2 rings (SSSR count). The molecule has 2 N–H and O–H groups in total. The van der Waals surface area contributed by atoms with Crippen LogP contribution in [0.2, 0.25) is 0 Å². The van der Waals surface area contributed by atoms with Gasteiger partial charge in [0.2, 0.25) is 0 Å². The molecule has 1 aliphatic heterocycles. The molecule has 0 aromatic heterocycles. The molecule has 4 nitrogen and oxygen atoms in total. The van der Waals surface area contributed by atoms with Gasteiger partial charge in [0, 0.05) is 0 Å². The standard InChI is InChI=1S/C14H21NO.C5H10O2/c1-2-12-9-11(10-16)3-4-14(12)13-5-7-15-8-6-13;1-5(2,3)7-4-6/h3-4,9,13,15-16H,2,5-8,10H2,1H3;4H,1-3H3. The minimum atomic E-state index is -0.318. The zero-order chi connectivity index (χ0) is 17.3. The molecule has 1 aromatic rings. The minimum absolute atomic E-state index is 0.152. The quantitative estimate of drug-likeness (QED) is 0.836. The summed E-state index contributed by atoms with van der Waals surface area (Å²) in [5.74, 6) is 0.712. The maximum Gasteiger partial charge on any atom is 0.293 e. The highest BCUT2D eigenvalue weighted by Gasteiger charge is 2.17. The molecular weight excluding hydrogens is 290 g/mol. The highest BCUT2D eigenvalue weighted by molar-refractivity contribution is 5.37. The summed E-state index contributed by atoms with van der Waals surface area (Å²) in [4.78, 5) is 9.60. The normalized spacial score (nSPS) is 15.5. The molecule has 1 aliphatic rings. The largest absolute Gasteiger partial charge is 0.462 e. The SMILES string of the molecule is CC(C)(C)OC=O.CCc1cc(CO)ccc1C1CCNCC1. The highest BCUT2D eigenvalue weighted by atomic mass is 16.5. The van der Waals surface area contributed by atoms with Crippen LogP contribution in [0.5, 0.6) is 0 Å². The van der Waals surface area contributed by atoms with E-state index in [0.717, 1.165) is 25.1 Å². The summed E-state index contributed by atoms with van der Waals surface area (Å²) in [7, 11) is 0. The summed E-state index contributed by atoms with van der Waals surface area (Å²) in [6.45, 7) is 10.5. The Hall–Kier alpha value is -1.39. The van der Waals surface area contributed by atoms with Gasteiger partial charge in [0.25, 0.3) is 6.47 Å². The summed E-state index contributed by atoms with van der Waals surface area (Å²) >= 11 is 0. The van der Waals surface area contributed by atoms with E-state index in [0.29, 0.717) is 12.4 Å². The molecule has 1 fully saturated rings. The number of benzene rings is 1. The number of carbonyl (C=O) groups is 1. The predicted molar refractivity (Wildman–Crippen MR) is 93.5 cm³/mol. The number of hydrogen-bond donors (Lipinski definition) is 2. The Labute approximate surface area is 140 Å². The maximum atomic E-state index is 9.60. The summed E-state index contributed by atoms with van der Waals surface area (Å²) < 4.78 is 4.55. The van der Waals surface area contributed by atoms with Gasteiger partial charge in [-0.1, -0.05) is 25.1 Å². The first-order valence-electron chi connectivity index (χ1n) is 8.46. The maximum absolute atomic E-state index is 9.60. The third-order valence-electron chi connectivity index (χ3n) is 3.95. The average Bonchev–Trinajstić information content (AvgIpc) is 2.54. The summed E-state index contributed by atoms with van der Waals surface area (Å²) in [5, 5.41) is 12.6. The van der Waals surface area contributed by atoms with Gasteiger partial charge in [-0.05, 0) is 75.7 Å². The van der Waals surface area contributed by atoms with Gasteiger partial charge in [-0.15, -0.1) is 0 Å². The molecule has 1 heterocycles. The van der Waals surface area contributed by atoms with Crippen LogP contribution >= 0.6 is 0 Å². The van der Waals surface area contributed by atoms with Crippen molar-refractivity contribution < 1.29 is 14.6 Å². The van der Waals surface area contributed by atoms with Gasteiger partial charge in [-0.2, -0.15) is 0 Å². The summed E-state index contributed by atoms with van der Waals surface area (Å²) in [5.41, 5.74) is 3.64. The second kappa shape index (κ2) is 9.68. The zero-order valence-electron chi connectivity index (χ0n) is 14.9. The van der Waals surface area contributed by atoms with Crippen LogP contribution in [-0.4, -0.2) is 30.3 Å². The number of rotatable bonds is 4. The van der Waals surface area contributed by atoms with E-state index in [1.165, 1.54) is 24.0 Å². The molecule has 0 atom stereocenters. The fourth-order valence-electron chi connectivity index (χ4n) is 2.74. The number of ether oxygens (including phenoxy) is 1. The van der Waals surface area contributed by atoms with E-state index < -0.39 is 0 Å². The Morgan fingerprint density at radius 2 is 1.96 bits per heavy atom. The molecule has 0 aliphatic carbocycles. The van der Waals surface area contributed by atoms with E-state index in [4.69, 9.17) is 5.11 Å². The molecule has 1 saturated heterocycles. The fourth-order valence-corrected chi connectivity index (χ4v) is 2.74. The first-order chi connectivity index (χ1) is 10.9. The Morgan fingerprint density at radius 1 is 1.30 bits per heavy atom. The molecule has 0 saturated carbocycles. The first-order valence-corrected chi connectivity index (χ1v) is 8.46. The number of piperidine rings is 1. The third-order valence-corrected chi connectivity index (χ3v) is 3.95. The van der Waals surface area contributed by atoms with Gasteiger partial charge < -0.3 is 15.2 Å². The van der Waals surface area contributed by atoms with Gasteiger partial charge in [-0.25, -0.2) is 0 Å². The second-order valence-corrected chi connectivity index (χ2v) is 6.90. The lowest BCUT2D eigenvalue weighted by Crippen LogP contribution is -2.27. The van der Waals surface area contributed by atoms with Gasteiger partial charge in [-0.3, -0.25) is 4.79 Å². The number of aliphatic hydroxyl groups excluding tert-OH is 1. The number of carbonyl (C=O) groups excluding carboxylic acids is 1. The molecule has 130 valence electrons. The molecule has 0 spiro atoms. The lowest BCUT2D eigenvalue weighted by molar-refractivity contribution is -0.138. The van der Waals surface area contributed by atoms with Crippen molar-refractivity contribution in [2.45, 2.75) is 65.1 Å². The van der Waals surface area contributed by atoms with Crippen LogP contribution in [0, 0.1) is 0 Å². The van der Waals surface area contributed by atoms with Crippen molar-refractivity contribution in [3.8, 4) is 0 Å². The number of nitrogens with one attached hydrogen (secondary N) is 1. The van der Waals surface area contributed by atoms with Crippen molar-refractivity contribution in [3.05, 3.63) is 34.9 Å². The number of aliphatic hydroxyl groups is 1. The van der Waals surface area contributed by atoms with Crippen LogP contribution in [-0.2, 0) is 22.6 Å². The number of aryl methyl sites for hydroxylation is 1. The minimum Gasteiger partial charge on any atom is -0.462 e. The zero-order valence-corrected chi connectivity index (χ0v) is 14.9. The predicted octanol–water partition coefficient (Wildman–Crippen LogP) is 3.17. The van der Waals surface area contributed by atoms with Gasteiger partial charge >= 0.3 is 0 Å². The Morgan fingerprint density at radius 3 is 2.39 bits per heavy atom. The van der Waals surface area contributed by atoms with Gasteiger partial charge in [0.05, 0.1) is 6.61 Å². The monoisotopic (exact) mass is 321 g/mol. The number of hydrogen-bond acceptors (Lipinski definition) is 4. The van der Waals surface area contributed by atoms with Crippen LogP contribution in [0.4, 0.5) is 0 Å². The molecule has 0 unspecified atom stereocenters. The first kappa shape index (κ1) is 19.7. The summed E-state index contributed by atoms with van der Waals surface area (Å²) in [6, 6.07) is 6.45. The van der Waals surface area contributed by atoms with E-state index in [9.17, 15) is 4.79 Å². The average molecular weight is 321 g/mol. The molecule has 4 heteroatoms. The van der Waals surface area contributed by atoms with Crippen LogP contribution in [0.1, 0.15) is 63.1 Å². The van der Waals surface area contributed by atoms with Crippen LogP contribution in [0.25, 0.3) is 0 Å². The van der Waals surface area contributed by atoms with Crippen molar-refractivity contribution in [2.75, 3.05) is 13.1 Å². The van der Waals surface area contributed by atoms with Crippen LogP contribution in [0.15, 0.2) is 18.2 Å². The molecule has 0 radical (unpaired) electrons. The molecular formula is C19H31NO3. The van der Waals surface area contributed by atoms with Crippen molar-refractivity contribution in [2.24, 2.45) is 0 Å². The Balaban J connectivity index is 0.000000322. The molecule has 0 amide bonds. The van der Waals surface area contributed by atoms with Crippen LogP contribution < -0.4 is 5.32 Å². The van der Waals surface area contributed by atoms with Crippen molar-refractivity contribution in [3.63, 3.8) is 0 Å². The lowest BCUT2D eigenvalue weighted by Gasteiger charge is -2.25. The highest BCUT2D eigenvalue weighted by Crippen LogP contribution is 2.29. The lowest BCUT2D eigenvalue weighted by atomic mass is 9.85. The Bertz CT molecular complexity index is 474. The van der Waals surface area contributed by atoms with E-state index in [1.807, 2.05) is 20.8 Å². The van der Waals surface area contributed by atoms with Crippen molar-refractivity contribution >= 4 is 6.47 Å². The Kier molecular flexibility index (Phi) is 8.28. The second-order valence-electron chi connectivity index (χ2n) is 6.90. The fraction of sp³-hybridized carbons (Fsp3) is 0.632. The smallest absolute Gasteiger partial charge is 0.293 e. The topological polar surface area (TPSA) is 58.6 Å². The summed E-state index contributed by atoms with van der Waals surface area (Å²) in [6.07, 6.45) is 3.55. The van der Waals surface area contributed by atoms with Crippen LogP contribution in [0.3, 0.4) is 0 Å². The van der Waals surface area contributed by atoms with Crippen molar-refractivity contribution in [1.29, 1.82) is 0 Å². The third kappa shape index (κ3) is 7.14. The van der Waals surface area contributed by atoms with E-state index in [-0.39, 0.29) is 12.2 Å². The van der Waals surface area contributed by atoms with Gasteiger partial charge in [0.15, 0.2) is 0 Å². The molecule has 0 bridgehead atoms. The molecule has 1 aromatic carbocycles. The van der Waals surface area contributed by atoms with E-state index in [2.05, 4.69) is 35.2 Å². The van der Waals surface area contributed by atoms with E-state index >= 15 is 0 Å². The van der Waals surface area contributed by atoms with Gasteiger partial charge in [0.1, 0.15) is 5.60 Å².